The molecular weight excluding hydrogens is 333 g/mol. The van der Waals surface area contributed by atoms with Crippen LogP contribution in [0.15, 0.2) is 42.5 Å². The molecule has 23 heavy (non-hydrogen) atoms. The van der Waals surface area contributed by atoms with Crippen LogP contribution in [0.25, 0.3) is 0 Å². The summed E-state index contributed by atoms with van der Waals surface area (Å²) in [7, 11) is 1.94. The molecule has 4 nitrogen and oxygen atoms in total. The molecule has 0 radical (unpaired) electrons. The summed E-state index contributed by atoms with van der Waals surface area (Å²) in [6.07, 6.45) is 0. The van der Waals surface area contributed by atoms with Gasteiger partial charge in [-0.2, -0.15) is 5.26 Å². The third kappa shape index (κ3) is 5.26. The summed E-state index contributed by atoms with van der Waals surface area (Å²) in [6, 6.07) is 14.4. The molecule has 2 aromatic carbocycles. The molecule has 118 valence electrons. The minimum Gasteiger partial charge on any atom is -0.326 e. The predicted molar refractivity (Wildman–Crippen MR) is 91.7 cm³/mol. The molecule has 2 rings (SSSR count). The smallest absolute Gasteiger partial charge is 0.279 e. The summed E-state index contributed by atoms with van der Waals surface area (Å²) in [4.78, 5) is 13.1. The molecule has 6 heteroatoms. The van der Waals surface area contributed by atoms with Crippen molar-refractivity contribution in [3.05, 3.63) is 63.6 Å². The first-order valence-corrected chi connectivity index (χ1v) is 7.79. The Morgan fingerprint density at radius 1 is 1.17 bits per heavy atom. The molecule has 1 atom stereocenters. The van der Waals surface area contributed by atoms with Gasteiger partial charge in [0.25, 0.3) is 5.91 Å². The van der Waals surface area contributed by atoms with E-state index >= 15 is 0 Å². The lowest BCUT2D eigenvalue weighted by Gasteiger charge is -2.14. The maximum atomic E-state index is 12.1. The standard InChI is InChI=1S/C17H15Cl2N3O/c1-22(10-13-4-2-12(9-20)3-5-13)11-17(23)21-14-6-7-15(18)16(19)8-14/h2-8H,10-11H2,1H3,(H,21,23)/p+1. The fraction of sp³-hybridized carbons (Fsp3) is 0.176. The van der Waals surface area contributed by atoms with E-state index in [2.05, 4.69) is 11.4 Å². The highest BCUT2D eigenvalue weighted by atomic mass is 35.5. The first-order valence-electron chi connectivity index (χ1n) is 7.03. The molecule has 2 aromatic rings. The SMILES string of the molecule is C[NH+](CC(=O)Nc1ccc(Cl)c(Cl)c1)Cc1ccc(C#N)cc1. The average molecular weight is 349 g/mol. The van der Waals surface area contributed by atoms with Crippen LogP contribution in [0.4, 0.5) is 5.69 Å². The van der Waals surface area contributed by atoms with Crippen molar-refractivity contribution in [1.82, 2.24) is 0 Å². The van der Waals surface area contributed by atoms with E-state index in [1.165, 1.54) is 0 Å². The fourth-order valence-corrected chi connectivity index (χ4v) is 2.46. The van der Waals surface area contributed by atoms with Gasteiger partial charge in [0.15, 0.2) is 6.54 Å². The van der Waals surface area contributed by atoms with Crippen molar-refractivity contribution in [3.63, 3.8) is 0 Å². The van der Waals surface area contributed by atoms with Crippen molar-refractivity contribution in [1.29, 1.82) is 5.26 Å². The molecular formula is C17H16Cl2N3O+. The van der Waals surface area contributed by atoms with E-state index in [0.29, 0.717) is 34.4 Å². The van der Waals surface area contributed by atoms with Crippen LogP contribution in [-0.4, -0.2) is 19.5 Å². The fourth-order valence-electron chi connectivity index (χ4n) is 2.16. The number of rotatable bonds is 5. The van der Waals surface area contributed by atoms with E-state index < -0.39 is 0 Å². The molecule has 1 amide bonds. The zero-order valence-corrected chi connectivity index (χ0v) is 14.1. The number of benzene rings is 2. The second-order valence-corrected chi connectivity index (χ2v) is 6.11. The van der Waals surface area contributed by atoms with E-state index in [4.69, 9.17) is 28.5 Å². The number of nitrogens with one attached hydrogen (secondary N) is 2. The number of hydrogen-bond acceptors (Lipinski definition) is 2. The molecule has 0 aliphatic rings. The van der Waals surface area contributed by atoms with Gasteiger partial charge in [0.1, 0.15) is 6.54 Å². The van der Waals surface area contributed by atoms with Gasteiger partial charge in [-0.05, 0) is 30.3 Å². The molecule has 1 unspecified atom stereocenters. The summed E-state index contributed by atoms with van der Waals surface area (Å²) in [5.74, 6) is -0.102. The zero-order chi connectivity index (χ0) is 16.8. The van der Waals surface area contributed by atoms with Crippen molar-refractivity contribution in [2.45, 2.75) is 6.54 Å². The molecule has 0 saturated carbocycles. The third-order valence-corrected chi connectivity index (χ3v) is 3.99. The molecule has 0 aromatic heterocycles. The number of nitrogens with zero attached hydrogens (tertiary/aromatic N) is 1. The van der Waals surface area contributed by atoms with E-state index in [1.54, 1.807) is 30.3 Å². The van der Waals surface area contributed by atoms with Gasteiger partial charge in [-0.3, -0.25) is 4.79 Å². The third-order valence-electron chi connectivity index (χ3n) is 3.25. The molecule has 0 heterocycles. The van der Waals surface area contributed by atoms with Gasteiger partial charge in [-0.15, -0.1) is 0 Å². The number of halogens is 2. The largest absolute Gasteiger partial charge is 0.326 e. The molecule has 0 bridgehead atoms. The predicted octanol–water partition coefficient (Wildman–Crippen LogP) is 2.52. The Labute approximate surface area is 145 Å². The Hall–Kier alpha value is -2.06. The molecule has 0 spiro atoms. The Morgan fingerprint density at radius 3 is 2.48 bits per heavy atom. The Kier molecular flexibility index (Phi) is 6.00. The van der Waals surface area contributed by atoms with Crippen LogP contribution in [0.1, 0.15) is 11.1 Å². The lowest BCUT2D eigenvalue weighted by Crippen LogP contribution is -3.08. The van der Waals surface area contributed by atoms with Gasteiger partial charge in [0.2, 0.25) is 0 Å². The van der Waals surface area contributed by atoms with Gasteiger partial charge < -0.3 is 10.2 Å². The second-order valence-electron chi connectivity index (χ2n) is 5.30. The van der Waals surface area contributed by atoms with Crippen LogP contribution in [0.3, 0.4) is 0 Å². The van der Waals surface area contributed by atoms with E-state index in [0.717, 1.165) is 10.5 Å². The molecule has 0 saturated heterocycles. The van der Waals surface area contributed by atoms with Crippen LogP contribution in [0, 0.1) is 11.3 Å². The maximum Gasteiger partial charge on any atom is 0.279 e. The molecule has 2 N–H and O–H groups in total. The number of hydrogen-bond donors (Lipinski definition) is 2. The van der Waals surface area contributed by atoms with Crippen LogP contribution in [0.2, 0.25) is 10.0 Å². The Bertz CT molecular complexity index is 738. The Morgan fingerprint density at radius 2 is 1.87 bits per heavy atom. The number of anilines is 1. The first kappa shape index (κ1) is 17.3. The highest BCUT2D eigenvalue weighted by Crippen LogP contribution is 2.24. The maximum absolute atomic E-state index is 12.1. The van der Waals surface area contributed by atoms with Crippen LogP contribution in [0.5, 0.6) is 0 Å². The number of amides is 1. The second kappa shape index (κ2) is 7.98. The lowest BCUT2D eigenvalue weighted by molar-refractivity contribution is -0.885. The minimum absolute atomic E-state index is 0.102. The number of nitriles is 1. The van der Waals surface area contributed by atoms with Gasteiger partial charge in [-0.1, -0.05) is 35.3 Å². The number of carbonyl (C=O) groups is 1. The highest BCUT2D eigenvalue weighted by molar-refractivity contribution is 6.42. The number of carbonyl (C=O) groups excluding carboxylic acids is 1. The monoisotopic (exact) mass is 348 g/mol. The van der Waals surface area contributed by atoms with Crippen LogP contribution < -0.4 is 10.2 Å². The van der Waals surface area contributed by atoms with Crippen molar-refractivity contribution in [2.24, 2.45) is 0 Å². The van der Waals surface area contributed by atoms with Crippen molar-refractivity contribution in [3.8, 4) is 6.07 Å². The van der Waals surface area contributed by atoms with Crippen LogP contribution in [-0.2, 0) is 11.3 Å². The number of quaternary nitrogens is 1. The summed E-state index contributed by atoms with van der Waals surface area (Å²) in [5.41, 5.74) is 2.32. The molecule has 0 aliphatic heterocycles. The summed E-state index contributed by atoms with van der Waals surface area (Å²) in [5, 5.41) is 12.4. The quantitative estimate of drug-likeness (QED) is 0.872. The normalized spacial score (nSPS) is 11.6. The highest BCUT2D eigenvalue weighted by Gasteiger charge is 2.11. The number of likely N-dealkylation sites (N-methyl/N-ethyl adjacent to an activating group) is 1. The lowest BCUT2D eigenvalue weighted by atomic mass is 10.1. The topological polar surface area (TPSA) is 57.3 Å². The van der Waals surface area contributed by atoms with Gasteiger partial charge in [-0.25, -0.2) is 0 Å². The van der Waals surface area contributed by atoms with Gasteiger partial charge in [0.05, 0.1) is 28.7 Å². The van der Waals surface area contributed by atoms with Crippen LogP contribution >= 0.6 is 23.2 Å². The van der Waals surface area contributed by atoms with Crippen molar-refractivity contribution >= 4 is 34.8 Å². The minimum atomic E-state index is -0.102. The summed E-state index contributed by atoms with van der Waals surface area (Å²) in [6.45, 7) is 1.01. The molecule has 0 fully saturated rings. The van der Waals surface area contributed by atoms with E-state index in [9.17, 15) is 4.79 Å². The van der Waals surface area contributed by atoms with Gasteiger partial charge >= 0.3 is 0 Å². The van der Waals surface area contributed by atoms with Gasteiger partial charge in [0, 0.05) is 11.3 Å². The van der Waals surface area contributed by atoms with Crippen molar-refractivity contribution in [2.75, 3.05) is 18.9 Å². The zero-order valence-electron chi connectivity index (χ0n) is 12.6. The van der Waals surface area contributed by atoms with E-state index in [1.807, 2.05) is 19.2 Å². The summed E-state index contributed by atoms with van der Waals surface area (Å²) < 4.78 is 0. The van der Waals surface area contributed by atoms with E-state index in [-0.39, 0.29) is 5.91 Å². The first-order chi connectivity index (χ1) is 11.0. The Balaban J connectivity index is 1.88. The van der Waals surface area contributed by atoms with Crippen molar-refractivity contribution < 1.29 is 9.69 Å². The molecule has 0 aliphatic carbocycles. The summed E-state index contributed by atoms with van der Waals surface area (Å²) >= 11 is 11.8. The average Bonchev–Trinajstić information content (AvgIpc) is 2.51.